The molecule has 134 valence electrons. The van der Waals surface area contributed by atoms with Crippen LogP contribution in [0, 0.1) is 0 Å². The van der Waals surface area contributed by atoms with E-state index in [-0.39, 0.29) is 10.8 Å². The Kier molecular flexibility index (Phi) is 5.31. The lowest BCUT2D eigenvalue weighted by Gasteiger charge is -2.37. The highest BCUT2D eigenvalue weighted by Crippen LogP contribution is 2.14. The van der Waals surface area contributed by atoms with Crippen molar-refractivity contribution in [3.63, 3.8) is 0 Å². The van der Waals surface area contributed by atoms with Crippen molar-refractivity contribution < 1.29 is 8.42 Å². The Bertz CT molecular complexity index is 796. The van der Waals surface area contributed by atoms with E-state index in [1.807, 2.05) is 0 Å². The molecule has 1 fully saturated rings. The Morgan fingerprint density at radius 1 is 1.16 bits per heavy atom. The lowest BCUT2D eigenvalue weighted by atomic mass is 10.2. The molecule has 2 aromatic rings. The molecule has 0 saturated carbocycles. The number of benzene rings is 1. The molecular weight excluding hydrogens is 338 g/mol. The lowest BCUT2D eigenvalue weighted by Crippen LogP contribution is -2.49. The molecule has 1 unspecified atom stereocenters. The molecule has 1 saturated heterocycles. The van der Waals surface area contributed by atoms with Crippen LogP contribution in [0.25, 0.3) is 0 Å². The first-order chi connectivity index (χ1) is 11.9. The zero-order chi connectivity index (χ0) is 17.9. The van der Waals surface area contributed by atoms with Crippen LogP contribution < -0.4 is 4.72 Å². The van der Waals surface area contributed by atoms with Crippen molar-refractivity contribution in [1.29, 1.82) is 0 Å². The molecule has 3 rings (SSSR count). The number of nitrogens with one attached hydrogen (secondary N) is 1. The quantitative estimate of drug-likeness (QED) is 0.868. The molecule has 8 heteroatoms. The van der Waals surface area contributed by atoms with E-state index in [0.29, 0.717) is 6.04 Å². The van der Waals surface area contributed by atoms with Gasteiger partial charge < -0.3 is 4.90 Å². The zero-order valence-electron chi connectivity index (χ0n) is 14.5. The van der Waals surface area contributed by atoms with Crippen molar-refractivity contribution in [2.45, 2.75) is 24.4 Å². The monoisotopic (exact) mass is 361 g/mol. The molecule has 1 atom stereocenters. The van der Waals surface area contributed by atoms with Gasteiger partial charge in [0.2, 0.25) is 5.95 Å². The van der Waals surface area contributed by atoms with Crippen LogP contribution >= 0.6 is 0 Å². The Hall–Kier alpha value is -2.03. The van der Waals surface area contributed by atoms with Gasteiger partial charge in [0.25, 0.3) is 10.0 Å². The van der Waals surface area contributed by atoms with Crippen LogP contribution in [-0.2, 0) is 16.6 Å². The van der Waals surface area contributed by atoms with Crippen molar-refractivity contribution in [3.05, 3.63) is 48.3 Å². The van der Waals surface area contributed by atoms with Gasteiger partial charge in [0, 0.05) is 50.2 Å². The number of hydrogen-bond acceptors (Lipinski definition) is 6. The fourth-order valence-electron chi connectivity index (χ4n) is 2.79. The molecule has 1 aromatic carbocycles. The van der Waals surface area contributed by atoms with Gasteiger partial charge >= 0.3 is 0 Å². The number of rotatable bonds is 5. The molecule has 0 bridgehead atoms. The van der Waals surface area contributed by atoms with Crippen LogP contribution in [0.3, 0.4) is 0 Å². The highest BCUT2D eigenvalue weighted by atomic mass is 32.2. The largest absolute Gasteiger partial charge is 0.301 e. The predicted octanol–water partition coefficient (Wildman–Crippen LogP) is 1.41. The molecule has 0 spiro atoms. The molecule has 1 aliphatic heterocycles. The molecule has 0 radical (unpaired) electrons. The highest BCUT2D eigenvalue weighted by Gasteiger charge is 2.21. The topological polar surface area (TPSA) is 78.4 Å². The summed E-state index contributed by atoms with van der Waals surface area (Å²) in [5.41, 5.74) is 0.972. The van der Waals surface area contributed by atoms with Gasteiger partial charge in [-0.05, 0) is 26.1 Å². The van der Waals surface area contributed by atoms with E-state index in [4.69, 9.17) is 0 Å². The van der Waals surface area contributed by atoms with Gasteiger partial charge in [-0.3, -0.25) is 4.90 Å². The first kappa shape index (κ1) is 17.8. The molecule has 1 aliphatic rings. The minimum absolute atomic E-state index is 0.0827. The van der Waals surface area contributed by atoms with Crippen molar-refractivity contribution in [2.75, 3.05) is 31.4 Å². The van der Waals surface area contributed by atoms with Crippen molar-refractivity contribution in [1.82, 2.24) is 19.8 Å². The van der Waals surface area contributed by atoms with E-state index in [1.165, 1.54) is 12.1 Å². The summed E-state index contributed by atoms with van der Waals surface area (Å²) in [7, 11) is -1.52. The minimum Gasteiger partial charge on any atom is -0.301 e. The van der Waals surface area contributed by atoms with E-state index in [1.54, 1.807) is 30.6 Å². The summed E-state index contributed by atoms with van der Waals surface area (Å²) in [6.07, 6.45) is 3.36. The van der Waals surface area contributed by atoms with Gasteiger partial charge in [-0.2, -0.15) is 0 Å². The van der Waals surface area contributed by atoms with Crippen LogP contribution in [0.1, 0.15) is 12.5 Å². The third-order valence-electron chi connectivity index (χ3n) is 4.43. The molecule has 1 aromatic heterocycles. The fourth-order valence-corrected chi connectivity index (χ4v) is 3.77. The number of sulfonamides is 1. The molecule has 2 heterocycles. The number of piperazine rings is 1. The summed E-state index contributed by atoms with van der Waals surface area (Å²) in [5, 5.41) is 0. The Balaban J connectivity index is 1.63. The van der Waals surface area contributed by atoms with Gasteiger partial charge in [-0.15, -0.1) is 0 Å². The van der Waals surface area contributed by atoms with Gasteiger partial charge in [-0.25, -0.2) is 23.1 Å². The SMILES string of the molecule is CC1CN(Cc2cnc(NS(=O)(=O)c3ccccc3)nc2)CCN1C. The number of nitrogens with zero attached hydrogens (tertiary/aromatic N) is 4. The maximum atomic E-state index is 12.3. The Labute approximate surface area is 148 Å². The molecule has 0 amide bonds. The molecular formula is C17H23N5O2S. The minimum atomic E-state index is -3.66. The van der Waals surface area contributed by atoms with Gasteiger partial charge in [0.1, 0.15) is 0 Å². The third-order valence-corrected chi connectivity index (χ3v) is 5.78. The smallest absolute Gasteiger partial charge is 0.264 e. The van der Waals surface area contributed by atoms with Crippen LogP contribution in [0.2, 0.25) is 0 Å². The predicted molar refractivity (Wildman–Crippen MR) is 96.7 cm³/mol. The Morgan fingerprint density at radius 2 is 1.84 bits per heavy atom. The number of hydrogen-bond donors (Lipinski definition) is 1. The summed E-state index contributed by atoms with van der Waals surface area (Å²) in [6.45, 7) is 6.02. The van der Waals surface area contributed by atoms with E-state index >= 15 is 0 Å². The first-order valence-electron chi connectivity index (χ1n) is 8.25. The van der Waals surface area contributed by atoms with Gasteiger partial charge in [0.15, 0.2) is 0 Å². The van der Waals surface area contributed by atoms with Crippen LogP contribution in [0.15, 0.2) is 47.6 Å². The van der Waals surface area contributed by atoms with E-state index < -0.39 is 10.0 Å². The maximum absolute atomic E-state index is 12.3. The maximum Gasteiger partial charge on any atom is 0.264 e. The standard InChI is InChI=1S/C17H23N5O2S/c1-14-12-22(9-8-21(14)2)13-15-10-18-17(19-11-15)20-25(23,24)16-6-4-3-5-7-16/h3-7,10-11,14H,8-9,12-13H2,1-2H3,(H,18,19,20). The van der Waals surface area contributed by atoms with Crippen LogP contribution in [0.5, 0.6) is 0 Å². The van der Waals surface area contributed by atoms with Crippen molar-refractivity contribution in [2.24, 2.45) is 0 Å². The van der Waals surface area contributed by atoms with Crippen LogP contribution in [0.4, 0.5) is 5.95 Å². The summed E-state index contributed by atoms with van der Waals surface area (Å²) >= 11 is 0. The zero-order valence-corrected chi connectivity index (χ0v) is 15.3. The second kappa shape index (κ2) is 7.47. The molecule has 1 N–H and O–H groups in total. The van der Waals surface area contributed by atoms with Gasteiger partial charge in [0.05, 0.1) is 4.90 Å². The van der Waals surface area contributed by atoms with Crippen LogP contribution in [-0.4, -0.2) is 60.9 Å². The first-order valence-corrected chi connectivity index (χ1v) is 9.74. The van der Waals surface area contributed by atoms with E-state index in [2.05, 4.69) is 38.5 Å². The fraction of sp³-hybridized carbons (Fsp3) is 0.412. The average Bonchev–Trinajstić information content (AvgIpc) is 2.60. The number of aromatic nitrogens is 2. The second-order valence-corrected chi connectivity index (χ2v) is 8.08. The second-order valence-electron chi connectivity index (χ2n) is 6.40. The molecule has 25 heavy (non-hydrogen) atoms. The highest BCUT2D eigenvalue weighted by molar-refractivity contribution is 7.92. The summed E-state index contributed by atoms with van der Waals surface area (Å²) in [4.78, 5) is 13.2. The van der Waals surface area contributed by atoms with E-state index in [0.717, 1.165) is 31.7 Å². The summed E-state index contributed by atoms with van der Waals surface area (Å²) in [6, 6.07) is 8.71. The summed E-state index contributed by atoms with van der Waals surface area (Å²) < 4.78 is 26.9. The molecule has 0 aliphatic carbocycles. The summed E-state index contributed by atoms with van der Waals surface area (Å²) in [5.74, 6) is 0.0827. The average molecular weight is 361 g/mol. The van der Waals surface area contributed by atoms with Crippen molar-refractivity contribution >= 4 is 16.0 Å². The number of anilines is 1. The lowest BCUT2D eigenvalue weighted by molar-refractivity contribution is 0.0998. The van der Waals surface area contributed by atoms with Gasteiger partial charge in [-0.1, -0.05) is 18.2 Å². The normalized spacial score (nSPS) is 19.7. The number of likely N-dealkylation sites (N-methyl/N-ethyl adjacent to an activating group) is 1. The van der Waals surface area contributed by atoms with Crippen molar-refractivity contribution in [3.8, 4) is 0 Å². The van der Waals surface area contributed by atoms with E-state index in [9.17, 15) is 8.42 Å². The third kappa shape index (κ3) is 4.53. The Morgan fingerprint density at radius 3 is 2.48 bits per heavy atom. The molecule has 7 nitrogen and oxygen atoms in total.